The molecule has 0 radical (unpaired) electrons. The third-order valence-corrected chi connectivity index (χ3v) is 13.6. The van der Waals surface area contributed by atoms with Gasteiger partial charge in [0.2, 0.25) is 0 Å². The molecule has 1 unspecified atom stereocenters. The smallest absolute Gasteiger partial charge is 0.338 e. The number of likely N-dealkylation sites (tertiary alicyclic amines) is 1. The minimum atomic E-state index is -0.599. The Kier molecular flexibility index (Phi) is 8.42. The van der Waals surface area contributed by atoms with Crippen molar-refractivity contribution in [3.63, 3.8) is 0 Å². The number of piperidine rings is 1. The zero-order valence-corrected chi connectivity index (χ0v) is 28.8. The highest BCUT2D eigenvalue weighted by Crippen LogP contribution is 2.80. The van der Waals surface area contributed by atoms with Crippen molar-refractivity contribution in [2.75, 3.05) is 69.0 Å². The van der Waals surface area contributed by atoms with E-state index in [9.17, 15) is 4.79 Å². The van der Waals surface area contributed by atoms with Crippen molar-refractivity contribution in [1.29, 1.82) is 0 Å². The maximum atomic E-state index is 14.1. The summed E-state index contributed by atoms with van der Waals surface area (Å²) in [4.78, 5) is 16.8. The van der Waals surface area contributed by atoms with Gasteiger partial charge in [-0.3, -0.25) is 4.90 Å². The molecule has 1 aromatic carbocycles. The summed E-state index contributed by atoms with van der Waals surface area (Å²) >= 11 is 0. The minimum absolute atomic E-state index is 0.0235. The molecule has 0 aromatic heterocycles. The first-order chi connectivity index (χ1) is 22.3. The second kappa shape index (κ2) is 11.9. The molecule has 256 valence electrons. The van der Waals surface area contributed by atoms with Gasteiger partial charge < -0.3 is 37.9 Å². The predicted molar refractivity (Wildman–Crippen MR) is 169 cm³/mol. The second-order valence-electron chi connectivity index (χ2n) is 14.6. The molecule has 7 bridgehead atoms. The summed E-state index contributed by atoms with van der Waals surface area (Å²) in [6.07, 6.45) is 3.16. The summed E-state index contributed by atoms with van der Waals surface area (Å²) in [5.41, 5.74) is -0.439. The summed E-state index contributed by atoms with van der Waals surface area (Å²) < 4.78 is 50.6. The van der Waals surface area contributed by atoms with Crippen LogP contribution in [-0.2, 0) is 28.4 Å². The fourth-order valence-electron chi connectivity index (χ4n) is 12.7. The molecular weight excluding hydrogens is 590 g/mol. The van der Waals surface area contributed by atoms with Gasteiger partial charge in [0, 0.05) is 88.6 Å². The first kappa shape index (κ1) is 32.6. The quantitative estimate of drug-likeness (QED) is 0.310. The van der Waals surface area contributed by atoms with E-state index in [1.807, 2.05) is 21.3 Å². The van der Waals surface area contributed by atoms with Gasteiger partial charge in [-0.1, -0.05) is 6.92 Å². The van der Waals surface area contributed by atoms with E-state index in [-0.39, 0.29) is 76.8 Å². The van der Waals surface area contributed by atoms with Crippen molar-refractivity contribution in [2.45, 2.75) is 75.6 Å². The third kappa shape index (κ3) is 4.00. The molecule has 0 amide bonds. The van der Waals surface area contributed by atoms with Gasteiger partial charge in [-0.2, -0.15) is 0 Å². The van der Waals surface area contributed by atoms with Gasteiger partial charge in [0.1, 0.15) is 6.10 Å². The molecule has 1 aromatic rings. The van der Waals surface area contributed by atoms with Crippen molar-refractivity contribution in [3.8, 4) is 11.5 Å². The highest BCUT2D eigenvalue weighted by Gasteiger charge is 2.87. The van der Waals surface area contributed by atoms with Gasteiger partial charge in [-0.25, -0.2) is 4.79 Å². The SMILES string of the molecule is CCO[C@]12C[C@H](OC)[C@H]3C[C@H]([C@@H]1[C@H]3OC(=O)c1ccc(OC)c(OC)c1)[C@@]13C4[C@@H]2[C@H](OC)[C@@H]1[C@@](COC)(CC[C@@H]3OC)CN4CC. The largest absolute Gasteiger partial charge is 0.493 e. The average molecular weight is 644 g/mol. The number of benzene rings is 1. The molecule has 6 fully saturated rings. The fraction of sp³-hybridized carbons (Fsp3) is 0.806. The Morgan fingerprint density at radius 1 is 0.957 bits per heavy atom. The van der Waals surface area contributed by atoms with E-state index in [2.05, 4.69) is 18.7 Å². The summed E-state index contributed by atoms with van der Waals surface area (Å²) in [6.45, 7) is 7.53. The van der Waals surface area contributed by atoms with E-state index < -0.39 is 5.60 Å². The molecule has 10 nitrogen and oxygen atoms in total. The van der Waals surface area contributed by atoms with Crippen LogP contribution in [0.15, 0.2) is 18.2 Å². The number of methoxy groups -OCH3 is 6. The van der Waals surface area contributed by atoms with E-state index in [1.165, 1.54) is 0 Å². The van der Waals surface area contributed by atoms with Crippen LogP contribution < -0.4 is 9.47 Å². The first-order valence-electron chi connectivity index (χ1n) is 17.2. The van der Waals surface area contributed by atoms with Crippen LogP contribution in [0.5, 0.6) is 11.5 Å². The van der Waals surface area contributed by atoms with Gasteiger partial charge in [-0.05, 0) is 56.8 Å². The number of hydrogen-bond donors (Lipinski definition) is 0. The van der Waals surface area contributed by atoms with Crippen LogP contribution in [0.2, 0.25) is 0 Å². The monoisotopic (exact) mass is 643 g/mol. The zero-order valence-electron chi connectivity index (χ0n) is 28.8. The van der Waals surface area contributed by atoms with Gasteiger partial charge in [-0.15, -0.1) is 0 Å². The lowest BCUT2D eigenvalue weighted by Gasteiger charge is -2.69. The maximum absolute atomic E-state index is 14.1. The number of carbonyl (C=O) groups is 1. The Morgan fingerprint density at radius 2 is 1.74 bits per heavy atom. The van der Waals surface area contributed by atoms with Crippen molar-refractivity contribution < 1.29 is 42.7 Å². The molecule has 5 aliphatic carbocycles. The highest BCUT2D eigenvalue weighted by molar-refractivity contribution is 5.90. The van der Waals surface area contributed by atoms with Crippen molar-refractivity contribution in [2.24, 2.45) is 40.4 Å². The number of rotatable bonds is 12. The summed E-state index contributed by atoms with van der Waals surface area (Å²) in [6, 6.07) is 5.41. The van der Waals surface area contributed by atoms with Crippen LogP contribution in [0.3, 0.4) is 0 Å². The van der Waals surface area contributed by atoms with Crippen LogP contribution in [0, 0.1) is 40.4 Å². The van der Waals surface area contributed by atoms with Crippen molar-refractivity contribution in [1.82, 2.24) is 4.90 Å². The molecule has 6 aliphatic rings. The molecule has 13 atom stereocenters. The normalized spacial score (nSPS) is 45.0. The van der Waals surface area contributed by atoms with E-state index in [4.69, 9.17) is 37.9 Å². The van der Waals surface area contributed by atoms with E-state index in [1.54, 1.807) is 39.5 Å². The molecule has 1 spiro atoms. The Hall–Kier alpha value is -1.95. The van der Waals surface area contributed by atoms with Gasteiger partial charge in [0.15, 0.2) is 11.5 Å². The summed E-state index contributed by atoms with van der Waals surface area (Å²) in [7, 11) is 10.6. The van der Waals surface area contributed by atoms with Crippen LogP contribution in [0.25, 0.3) is 0 Å². The van der Waals surface area contributed by atoms with E-state index in [0.29, 0.717) is 30.3 Å². The Labute approximate surface area is 273 Å². The molecule has 1 saturated heterocycles. The van der Waals surface area contributed by atoms with Crippen LogP contribution >= 0.6 is 0 Å². The van der Waals surface area contributed by atoms with Gasteiger partial charge in [0.25, 0.3) is 0 Å². The third-order valence-electron chi connectivity index (χ3n) is 13.6. The molecule has 10 heteroatoms. The lowest BCUT2D eigenvalue weighted by atomic mass is 9.43. The zero-order chi connectivity index (χ0) is 32.6. The number of ether oxygens (including phenoxy) is 8. The van der Waals surface area contributed by atoms with Gasteiger partial charge >= 0.3 is 5.97 Å². The molecule has 0 N–H and O–H groups in total. The topological polar surface area (TPSA) is 94.2 Å². The molecule has 1 aliphatic heterocycles. The molecule has 5 saturated carbocycles. The fourth-order valence-corrected chi connectivity index (χ4v) is 12.7. The van der Waals surface area contributed by atoms with Crippen LogP contribution in [0.4, 0.5) is 0 Å². The summed E-state index contributed by atoms with van der Waals surface area (Å²) in [5.74, 6) is 1.19. The number of esters is 1. The molecule has 46 heavy (non-hydrogen) atoms. The number of fused-ring (bicyclic) bond motifs is 2. The minimum Gasteiger partial charge on any atom is -0.493 e. The highest BCUT2D eigenvalue weighted by atomic mass is 16.6. The Morgan fingerprint density at radius 3 is 2.37 bits per heavy atom. The standard InChI is InChI=1S/C36H53NO9/c1-9-37-18-34(19-39-3)14-13-26(43-7)36-22-16-21-25(42-6)17-35(45-10-2,28(32(36)37)30(44-8)31(34)36)27(22)29(21)46-33(38)20-11-12-23(40-4)24(15-20)41-5/h11-12,15,21-22,25-32H,9-10,13-14,16-19H2,1-8H3/t21-,22-,25+,26+,27-,28+,29+,30+,31-,32?,34+,35-,36+/m1/s1. The lowest BCUT2D eigenvalue weighted by molar-refractivity contribution is -0.285. The van der Waals surface area contributed by atoms with E-state index in [0.717, 1.165) is 38.8 Å². The molecular formula is C36H53NO9. The maximum Gasteiger partial charge on any atom is 0.338 e. The predicted octanol–water partition coefficient (Wildman–Crippen LogP) is 4.08. The molecule has 1 heterocycles. The van der Waals surface area contributed by atoms with Crippen molar-refractivity contribution >= 4 is 5.97 Å². The lowest BCUT2D eigenvalue weighted by Crippen LogP contribution is -2.77. The molecule has 7 rings (SSSR count). The summed E-state index contributed by atoms with van der Waals surface area (Å²) in [5, 5.41) is 0. The van der Waals surface area contributed by atoms with E-state index >= 15 is 0 Å². The first-order valence-corrected chi connectivity index (χ1v) is 17.2. The second-order valence-corrected chi connectivity index (χ2v) is 14.6. The number of nitrogens with zero attached hydrogens (tertiary/aromatic N) is 1. The number of hydrogen-bond acceptors (Lipinski definition) is 10. The van der Waals surface area contributed by atoms with Crippen molar-refractivity contribution in [3.05, 3.63) is 23.8 Å². The number of carbonyl (C=O) groups excluding carboxylic acids is 1. The Balaban J connectivity index is 1.40. The van der Waals surface area contributed by atoms with Crippen LogP contribution in [0.1, 0.15) is 49.9 Å². The van der Waals surface area contributed by atoms with Gasteiger partial charge in [0.05, 0.1) is 50.3 Å². The average Bonchev–Trinajstić information content (AvgIpc) is 3.49. The Bertz CT molecular complexity index is 1310. The van der Waals surface area contributed by atoms with Crippen LogP contribution in [-0.4, -0.2) is 116 Å².